The maximum Gasteiger partial charge on any atom is 1.00 e. The number of hydrogen-bond acceptors (Lipinski definition) is 2. The minimum atomic E-state index is -0.321. The van der Waals surface area contributed by atoms with Crippen LogP contribution in [-0.2, 0) is 0 Å². The number of nitrogens with one attached hydrogen (secondary N) is 1. The minimum absolute atomic E-state index is 0. The Bertz CT molecular complexity index is 575. The van der Waals surface area contributed by atoms with Crippen LogP contribution in [0.15, 0.2) is 24.3 Å². The fourth-order valence-corrected chi connectivity index (χ4v) is 5.01. The molecule has 2 unspecified atom stereocenters. The summed E-state index contributed by atoms with van der Waals surface area (Å²) in [4.78, 5) is 15.1. The number of benzene rings is 1. The summed E-state index contributed by atoms with van der Waals surface area (Å²) in [5.74, 6) is 1.87. The molecule has 0 radical (unpaired) electrons. The van der Waals surface area contributed by atoms with Crippen molar-refractivity contribution in [1.82, 2.24) is 10.2 Å². The van der Waals surface area contributed by atoms with E-state index < -0.39 is 0 Å². The number of carbonyl (C=O) groups excluding carboxylic acids is 1. The fraction of sp³-hybridized carbons (Fsp3) is 0.562. The molecule has 1 aromatic carbocycles. The van der Waals surface area contributed by atoms with Gasteiger partial charge in [-0.1, -0.05) is 24.3 Å². The molecule has 2 atom stereocenters. The molecule has 0 aromatic heterocycles. The first-order valence-electron chi connectivity index (χ1n) is 7.61. The van der Waals surface area contributed by atoms with Crippen LogP contribution in [0.1, 0.15) is 23.2 Å². The van der Waals surface area contributed by atoms with Gasteiger partial charge in [0.15, 0.2) is 0 Å². The van der Waals surface area contributed by atoms with E-state index in [1.165, 1.54) is 19.4 Å². The SMILES string of the molecule is O=C1NC2([N-]c3ccccc31)C1CC3CC2CN(C3)C1.[Rb+]. The van der Waals surface area contributed by atoms with Gasteiger partial charge in [0.1, 0.15) is 0 Å². The Labute approximate surface area is 173 Å². The molecule has 1 spiro atoms. The Morgan fingerprint density at radius 1 is 1.14 bits per heavy atom. The molecule has 1 aliphatic carbocycles. The van der Waals surface area contributed by atoms with Crippen molar-refractivity contribution in [2.45, 2.75) is 18.5 Å². The number of piperidine rings is 3. The Hall–Kier alpha value is 0.255. The largest absolute Gasteiger partial charge is 1.00 e. The Kier molecular flexibility index (Phi) is 3.62. The molecule has 21 heavy (non-hydrogen) atoms. The van der Waals surface area contributed by atoms with Crippen LogP contribution in [0.5, 0.6) is 0 Å². The Morgan fingerprint density at radius 2 is 1.86 bits per heavy atom. The van der Waals surface area contributed by atoms with Gasteiger partial charge in [0.05, 0.1) is 0 Å². The van der Waals surface area contributed by atoms with Crippen LogP contribution < -0.4 is 63.5 Å². The van der Waals surface area contributed by atoms with Gasteiger partial charge in [-0.2, -0.15) is 0 Å². The van der Waals surface area contributed by atoms with Crippen molar-refractivity contribution in [3.05, 3.63) is 35.1 Å². The molecule has 4 bridgehead atoms. The Balaban J connectivity index is 0.00000115. The van der Waals surface area contributed by atoms with Crippen molar-refractivity contribution in [1.29, 1.82) is 0 Å². The fourth-order valence-electron chi connectivity index (χ4n) is 5.01. The number of amides is 1. The van der Waals surface area contributed by atoms with Gasteiger partial charge in [0.2, 0.25) is 5.91 Å². The van der Waals surface area contributed by atoms with Crippen molar-refractivity contribution in [2.24, 2.45) is 17.8 Å². The van der Waals surface area contributed by atoms with E-state index in [9.17, 15) is 4.79 Å². The molecule has 4 fully saturated rings. The standard InChI is InChI=1S/C16H19N3O.Rb/c20-15-13-3-1-2-4-14(13)17-16(18-15)11-5-10-6-12(16)9-19(7-10)8-11;/h1-4,10-12H,5-9H2,(H2,17,18,20);/q;+1/p-1. The van der Waals surface area contributed by atoms with E-state index >= 15 is 0 Å². The van der Waals surface area contributed by atoms with Crippen molar-refractivity contribution in [2.75, 3.05) is 19.6 Å². The summed E-state index contributed by atoms with van der Waals surface area (Å²) >= 11 is 0. The van der Waals surface area contributed by atoms with Crippen LogP contribution in [0.25, 0.3) is 5.32 Å². The zero-order valence-electron chi connectivity index (χ0n) is 12.4. The first-order valence-corrected chi connectivity index (χ1v) is 7.61. The van der Waals surface area contributed by atoms with E-state index in [1.807, 2.05) is 24.3 Å². The van der Waals surface area contributed by atoms with Crippen LogP contribution in [0.3, 0.4) is 0 Å². The summed E-state index contributed by atoms with van der Waals surface area (Å²) in [5.41, 5.74) is 1.30. The minimum Gasteiger partial charge on any atom is -0.661 e. The normalized spacial score (nSPS) is 42.0. The van der Waals surface area contributed by atoms with Gasteiger partial charge in [-0.05, 0) is 36.3 Å². The van der Waals surface area contributed by atoms with Gasteiger partial charge < -0.3 is 15.5 Å². The predicted molar refractivity (Wildman–Crippen MR) is 75.8 cm³/mol. The second-order valence-electron chi connectivity index (χ2n) is 6.86. The van der Waals surface area contributed by atoms with E-state index in [0.717, 1.165) is 30.3 Å². The average Bonchev–Trinajstić information content (AvgIpc) is 2.44. The molecule has 6 rings (SSSR count). The summed E-state index contributed by atoms with van der Waals surface area (Å²) in [6, 6.07) is 7.75. The quantitative estimate of drug-likeness (QED) is 0.657. The number of rotatable bonds is 0. The number of hydrogen-bond donors (Lipinski definition) is 1. The first kappa shape index (κ1) is 14.8. The van der Waals surface area contributed by atoms with Gasteiger partial charge in [-0.15, -0.1) is 5.69 Å². The molecule has 5 aliphatic rings. The molecule has 4 heterocycles. The van der Waals surface area contributed by atoms with Crippen molar-refractivity contribution >= 4 is 11.6 Å². The molecule has 1 saturated carbocycles. The molecule has 3 saturated heterocycles. The predicted octanol–water partition coefficient (Wildman–Crippen LogP) is -0.893. The topological polar surface area (TPSA) is 46.4 Å². The van der Waals surface area contributed by atoms with E-state index in [4.69, 9.17) is 5.32 Å². The zero-order chi connectivity index (χ0) is 13.3. The third kappa shape index (κ3) is 2.06. The van der Waals surface area contributed by atoms with E-state index in [1.54, 1.807) is 0 Å². The van der Waals surface area contributed by atoms with Crippen LogP contribution in [0.2, 0.25) is 0 Å². The summed E-state index contributed by atoms with van der Waals surface area (Å²) < 4.78 is 0. The van der Waals surface area contributed by atoms with Crippen molar-refractivity contribution in [3.63, 3.8) is 0 Å². The number of fused-ring (bicyclic) bond motifs is 1. The molecular weight excluding hydrogens is 336 g/mol. The zero-order valence-corrected chi connectivity index (χ0v) is 17.3. The summed E-state index contributed by atoms with van der Waals surface area (Å²) in [6.07, 6.45) is 2.44. The molecular formula is C16H18N3ORb. The monoisotopic (exact) mass is 353 g/mol. The van der Waals surface area contributed by atoms with Crippen LogP contribution in [0, 0.1) is 17.8 Å². The summed E-state index contributed by atoms with van der Waals surface area (Å²) in [6.45, 7) is 3.45. The molecule has 5 heteroatoms. The molecule has 104 valence electrons. The average molecular weight is 354 g/mol. The number of carbonyl (C=O) groups is 1. The summed E-state index contributed by atoms with van der Waals surface area (Å²) in [5, 5.41) is 8.37. The number of para-hydroxylation sites is 1. The number of nitrogens with zero attached hydrogens (tertiary/aromatic N) is 2. The maximum absolute atomic E-state index is 12.5. The van der Waals surface area contributed by atoms with Gasteiger partial charge in [-0.3, -0.25) is 4.79 Å². The van der Waals surface area contributed by atoms with Gasteiger partial charge in [0.25, 0.3) is 0 Å². The Morgan fingerprint density at radius 3 is 2.57 bits per heavy atom. The van der Waals surface area contributed by atoms with Crippen LogP contribution in [0.4, 0.5) is 5.69 Å². The van der Waals surface area contributed by atoms with Gasteiger partial charge >= 0.3 is 58.2 Å². The second kappa shape index (κ2) is 5.13. The third-order valence-corrected chi connectivity index (χ3v) is 5.72. The van der Waals surface area contributed by atoms with Gasteiger partial charge in [-0.25, -0.2) is 0 Å². The molecule has 1 aromatic rings. The second-order valence-corrected chi connectivity index (χ2v) is 6.86. The molecule has 4 nitrogen and oxygen atoms in total. The maximum atomic E-state index is 12.5. The third-order valence-electron chi connectivity index (χ3n) is 5.72. The van der Waals surface area contributed by atoms with E-state index in [-0.39, 0.29) is 69.8 Å². The van der Waals surface area contributed by atoms with E-state index in [0.29, 0.717) is 11.8 Å². The molecule has 4 aliphatic heterocycles. The smallest absolute Gasteiger partial charge is 0.661 e. The summed E-state index contributed by atoms with van der Waals surface area (Å²) in [7, 11) is 0. The van der Waals surface area contributed by atoms with Crippen molar-refractivity contribution < 1.29 is 63.0 Å². The van der Waals surface area contributed by atoms with Crippen molar-refractivity contribution in [3.8, 4) is 0 Å². The van der Waals surface area contributed by atoms with Crippen LogP contribution >= 0.6 is 0 Å². The van der Waals surface area contributed by atoms with E-state index in [2.05, 4.69) is 10.2 Å². The van der Waals surface area contributed by atoms with Crippen LogP contribution in [-0.4, -0.2) is 36.1 Å². The molecule has 1 amide bonds. The van der Waals surface area contributed by atoms with Gasteiger partial charge in [0, 0.05) is 25.2 Å². The first-order chi connectivity index (χ1) is 9.74. The molecule has 1 N–H and O–H groups in total.